The molecule has 0 fully saturated rings. The average molecular weight is 462 g/mol. The lowest BCUT2D eigenvalue weighted by atomic mass is 10.0. The lowest BCUT2D eigenvalue weighted by Crippen LogP contribution is -2.00. The van der Waals surface area contributed by atoms with Gasteiger partial charge in [-0.1, -0.05) is 51.1 Å². The number of nitrogens with one attached hydrogen (secondary N) is 1. The summed E-state index contributed by atoms with van der Waals surface area (Å²) in [5, 5.41) is 12.4. The van der Waals surface area contributed by atoms with Crippen molar-refractivity contribution in [1.82, 2.24) is 0 Å². The van der Waals surface area contributed by atoms with Crippen LogP contribution in [0.25, 0.3) is 16.9 Å². The molecule has 0 saturated carbocycles. The van der Waals surface area contributed by atoms with Crippen LogP contribution in [0.3, 0.4) is 0 Å². The van der Waals surface area contributed by atoms with Crippen LogP contribution in [0.4, 0.5) is 5.69 Å². The van der Waals surface area contributed by atoms with Gasteiger partial charge in [-0.25, -0.2) is 0 Å². The van der Waals surface area contributed by atoms with Gasteiger partial charge in [0, 0.05) is 23.9 Å². The maximum atomic E-state index is 11.4. The summed E-state index contributed by atoms with van der Waals surface area (Å²) in [5.74, 6) is 0.877. The Balaban J connectivity index is 0.000000317. The maximum Gasteiger partial charge on any atom is 0.161 e. The number of allylic oxidation sites excluding steroid dienone is 4. The molecule has 2 N–H and O–H groups in total. The predicted molar refractivity (Wildman–Crippen MR) is 142 cm³/mol. The first-order valence-corrected chi connectivity index (χ1v) is 11.4. The number of phenolic OH excluding ortho intramolecular Hbond substituents is 1. The highest BCUT2D eigenvalue weighted by atomic mass is 16.3. The zero-order valence-electron chi connectivity index (χ0n) is 20.9. The third-order valence-corrected chi connectivity index (χ3v) is 4.87. The molecule has 5 nitrogen and oxygen atoms in total. The number of hydrogen-bond acceptors (Lipinski definition) is 5. The first-order chi connectivity index (χ1) is 16.4. The van der Waals surface area contributed by atoms with Gasteiger partial charge < -0.3 is 14.8 Å². The number of hydrogen-bond donors (Lipinski definition) is 2. The molecule has 0 aliphatic carbocycles. The summed E-state index contributed by atoms with van der Waals surface area (Å²) in [7, 11) is 1.80. The lowest BCUT2D eigenvalue weighted by Gasteiger charge is -2.07. The van der Waals surface area contributed by atoms with Gasteiger partial charge in [-0.15, -0.1) is 0 Å². The summed E-state index contributed by atoms with van der Waals surface area (Å²) < 4.78 is 5.31. The summed E-state index contributed by atoms with van der Waals surface area (Å²) in [6.07, 6.45) is 9.12. The zero-order valence-corrected chi connectivity index (χ0v) is 20.9. The monoisotopic (exact) mass is 461 g/mol. The number of aldehydes is 1. The molecule has 5 heteroatoms. The number of carbonyl (C=O) groups is 2. The van der Waals surface area contributed by atoms with Crippen molar-refractivity contribution >= 4 is 23.3 Å². The van der Waals surface area contributed by atoms with Crippen LogP contribution in [0.1, 0.15) is 67.3 Å². The van der Waals surface area contributed by atoms with Gasteiger partial charge >= 0.3 is 0 Å². The Hall–Kier alpha value is -3.86. The molecule has 1 heterocycles. The van der Waals surface area contributed by atoms with Crippen LogP contribution < -0.4 is 5.32 Å². The van der Waals surface area contributed by atoms with E-state index in [4.69, 9.17) is 4.42 Å². The molecule has 1 aromatic heterocycles. The molecule has 0 radical (unpaired) electrons. The van der Waals surface area contributed by atoms with Crippen molar-refractivity contribution in [2.45, 2.75) is 41.0 Å². The van der Waals surface area contributed by atoms with E-state index in [0.29, 0.717) is 17.4 Å². The van der Waals surface area contributed by atoms with Gasteiger partial charge in [-0.2, -0.15) is 0 Å². The van der Waals surface area contributed by atoms with E-state index in [-0.39, 0.29) is 11.5 Å². The molecule has 0 atom stereocenters. The minimum atomic E-state index is 0.0280. The van der Waals surface area contributed by atoms with Crippen LogP contribution in [0.15, 0.2) is 77.4 Å². The molecule has 0 aliphatic rings. The van der Waals surface area contributed by atoms with E-state index in [0.717, 1.165) is 34.6 Å². The Morgan fingerprint density at radius 3 is 2.38 bits per heavy atom. The second-order valence-electron chi connectivity index (χ2n) is 7.01. The fraction of sp³-hybridized carbons (Fsp3) is 0.241. The van der Waals surface area contributed by atoms with Crippen molar-refractivity contribution in [3.8, 4) is 17.1 Å². The molecule has 180 valence electrons. The normalized spacial score (nSPS) is 10.6. The number of carbonyl (C=O) groups excluding carboxylic acids is 2. The Labute approximate surface area is 202 Å². The van der Waals surface area contributed by atoms with Gasteiger partial charge in [0.2, 0.25) is 0 Å². The molecule has 0 saturated heterocycles. The Bertz CT molecular complexity index is 1110. The van der Waals surface area contributed by atoms with E-state index < -0.39 is 0 Å². The molecule has 0 bridgehead atoms. The highest BCUT2D eigenvalue weighted by Crippen LogP contribution is 2.26. The standard InChI is InChI=1S/C14H16O2.C13H13NO2.C2H6/c1-3-5-6-11(4-2)12-7-8-14(16)13(9-12)10-15;1-9(15)11-6-5-10(8-12(11)14-2)13-4-3-7-16-13;1-2/h3,5-10,16H,4H2,1-2H3;3-8,14H,1-2H3;1-2H3/b5-3-,11-6+;;. The summed E-state index contributed by atoms with van der Waals surface area (Å²) >= 11 is 0. The van der Waals surface area contributed by atoms with Crippen LogP contribution >= 0.6 is 0 Å². The van der Waals surface area contributed by atoms with E-state index >= 15 is 0 Å². The molecule has 0 amide bonds. The van der Waals surface area contributed by atoms with Gasteiger partial charge in [0.15, 0.2) is 12.1 Å². The summed E-state index contributed by atoms with van der Waals surface area (Å²) in [6.45, 7) is 9.57. The van der Waals surface area contributed by atoms with Crippen LogP contribution in [0, 0.1) is 0 Å². The number of aromatic hydroxyl groups is 1. The summed E-state index contributed by atoms with van der Waals surface area (Å²) in [4.78, 5) is 22.1. The van der Waals surface area contributed by atoms with E-state index in [9.17, 15) is 14.7 Å². The van der Waals surface area contributed by atoms with E-state index in [1.165, 1.54) is 0 Å². The number of furan rings is 1. The van der Waals surface area contributed by atoms with Crippen LogP contribution in [-0.4, -0.2) is 24.2 Å². The van der Waals surface area contributed by atoms with Crippen LogP contribution in [0.2, 0.25) is 0 Å². The van der Waals surface area contributed by atoms with Crippen LogP contribution in [0.5, 0.6) is 5.75 Å². The van der Waals surface area contributed by atoms with Crippen molar-refractivity contribution in [3.63, 3.8) is 0 Å². The third-order valence-electron chi connectivity index (χ3n) is 4.87. The van der Waals surface area contributed by atoms with E-state index in [1.54, 1.807) is 32.4 Å². The largest absolute Gasteiger partial charge is 0.507 e. The van der Waals surface area contributed by atoms with Crippen molar-refractivity contribution in [3.05, 3.63) is 89.7 Å². The Kier molecular flexibility index (Phi) is 12.5. The number of Topliss-reactive ketones (excluding diaryl/α,β-unsaturated/α-hetero) is 1. The molecule has 0 aliphatic heterocycles. The fourth-order valence-electron chi connectivity index (χ4n) is 3.13. The van der Waals surface area contributed by atoms with Crippen LogP contribution in [-0.2, 0) is 0 Å². The molecule has 0 unspecified atom stereocenters. The second-order valence-corrected chi connectivity index (χ2v) is 7.01. The highest BCUT2D eigenvalue weighted by Gasteiger charge is 2.09. The zero-order chi connectivity index (χ0) is 25.5. The molecular weight excluding hydrogens is 426 g/mol. The summed E-state index contributed by atoms with van der Waals surface area (Å²) in [5.41, 5.74) is 4.91. The molecule has 0 spiro atoms. The van der Waals surface area contributed by atoms with E-state index in [1.807, 2.05) is 75.4 Å². The summed E-state index contributed by atoms with van der Waals surface area (Å²) in [6, 6.07) is 14.4. The molecule has 3 rings (SSSR count). The second kappa shape index (κ2) is 15.1. The molecular formula is C29H35NO4. The number of phenols is 1. The van der Waals surface area contributed by atoms with Crippen molar-refractivity contribution in [2.24, 2.45) is 0 Å². The molecule has 3 aromatic rings. The number of benzene rings is 2. The van der Waals surface area contributed by atoms with Crippen molar-refractivity contribution in [1.29, 1.82) is 0 Å². The average Bonchev–Trinajstić information content (AvgIpc) is 3.41. The first kappa shape index (κ1) is 28.2. The first-order valence-electron chi connectivity index (χ1n) is 11.4. The maximum absolute atomic E-state index is 11.4. The molecule has 2 aromatic carbocycles. The SMILES string of the molecule is C/C=C\C=C(/CC)c1ccc(O)c(C=O)c1.CC.CNc1cc(-c2ccco2)ccc1C(C)=O. The van der Waals surface area contributed by atoms with Crippen molar-refractivity contribution in [2.75, 3.05) is 12.4 Å². The lowest BCUT2D eigenvalue weighted by molar-refractivity contribution is 0.101. The molecule has 34 heavy (non-hydrogen) atoms. The quantitative estimate of drug-likeness (QED) is 0.213. The van der Waals surface area contributed by atoms with E-state index in [2.05, 4.69) is 12.2 Å². The number of ketones is 1. The predicted octanol–water partition coefficient (Wildman–Crippen LogP) is 7.79. The number of anilines is 1. The minimum Gasteiger partial charge on any atom is -0.507 e. The Morgan fingerprint density at radius 2 is 1.85 bits per heavy atom. The highest BCUT2D eigenvalue weighted by molar-refractivity contribution is 6.00. The van der Waals surface area contributed by atoms with Crippen molar-refractivity contribution < 1.29 is 19.1 Å². The minimum absolute atomic E-state index is 0.0280. The number of rotatable bonds is 7. The topological polar surface area (TPSA) is 79.5 Å². The smallest absolute Gasteiger partial charge is 0.161 e. The fourth-order valence-corrected chi connectivity index (χ4v) is 3.13. The third kappa shape index (κ3) is 7.93. The van der Waals surface area contributed by atoms with Gasteiger partial charge in [0.25, 0.3) is 0 Å². The van der Waals surface area contributed by atoms with Gasteiger partial charge in [-0.3, -0.25) is 9.59 Å². The van der Waals surface area contributed by atoms with Gasteiger partial charge in [0.1, 0.15) is 11.5 Å². The van der Waals surface area contributed by atoms with Gasteiger partial charge in [-0.05, 0) is 67.8 Å². The van der Waals surface area contributed by atoms with Gasteiger partial charge in [0.05, 0.1) is 11.8 Å². The Morgan fingerprint density at radius 1 is 1.12 bits per heavy atom.